The molecule has 1 rings (SSSR count). The third kappa shape index (κ3) is 3.72. The lowest BCUT2D eigenvalue weighted by Crippen LogP contribution is -2.27. The van der Waals surface area contributed by atoms with Crippen LogP contribution in [0.25, 0.3) is 0 Å². The van der Waals surface area contributed by atoms with Crippen molar-refractivity contribution < 1.29 is 9.53 Å². The van der Waals surface area contributed by atoms with Crippen molar-refractivity contribution in [3.8, 4) is 0 Å². The van der Waals surface area contributed by atoms with Crippen molar-refractivity contribution in [2.75, 3.05) is 19.8 Å². The first-order valence-electron chi connectivity index (χ1n) is 5.17. The van der Waals surface area contributed by atoms with Gasteiger partial charge in [-0.1, -0.05) is 18.2 Å². The molecule has 0 aliphatic carbocycles. The first-order chi connectivity index (χ1) is 7.25. The average Bonchev–Trinajstić information content (AvgIpc) is 2.25. The number of carbonyl (C=O) groups is 1. The van der Waals surface area contributed by atoms with Crippen molar-refractivity contribution in [3.05, 3.63) is 35.4 Å². The molecule has 82 valence electrons. The summed E-state index contributed by atoms with van der Waals surface area (Å²) in [5, 5.41) is 2.81. The fourth-order valence-corrected chi connectivity index (χ4v) is 1.30. The van der Waals surface area contributed by atoms with Gasteiger partial charge in [-0.05, 0) is 25.5 Å². The van der Waals surface area contributed by atoms with Crippen molar-refractivity contribution in [2.45, 2.75) is 13.8 Å². The second-order valence-corrected chi connectivity index (χ2v) is 3.27. The molecule has 0 aliphatic heterocycles. The molecule has 1 amide bonds. The summed E-state index contributed by atoms with van der Waals surface area (Å²) in [6.45, 7) is 5.66. The zero-order valence-corrected chi connectivity index (χ0v) is 9.25. The number of benzene rings is 1. The summed E-state index contributed by atoms with van der Waals surface area (Å²) in [6.07, 6.45) is 0. The van der Waals surface area contributed by atoms with Crippen LogP contribution in [0.5, 0.6) is 0 Å². The minimum Gasteiger partial charge on any atom is -0.380 e. The number of rotatable bonds is 5. The van der Waals surface area contributed by atoms with Gasteiger partial charge in [0.1, 0.15) is 0 Å². The van der Waals surface area contributed by atoms with Crippen LogP contribution in [0.3, 0.4) is 0 Å². The quantitative estimate of drug-likeness (QED) is 0.747. The molecule has 1 N–H and O–H groups in total. The third-order valence-corrected chi connectivity index (χ3v) is 2.13. The molecule has 0 spiro atoms. The topological polar surface area (TPSA) is 38.3 Å². The van der Waals surface area contributed by atoms with E-state index in [9.17, 15) is 4.79 Å². The molecule has 0 radical (unpaired) electrons. The summed E-state index contributed by atoms with van der Waals surface area (Å²) >= 11 is 0. The van der Waals surface area contributed by atoms with Crippen molar-refractivity contribution in [2.24, 2.45) is 0 Å². The predicted molar refractivity (Wildman–Crippen MR) is 60.0 cm³/mol. The van der Waals surface area contributed by atoms with Crippen LogP contribution < -0.4 is 5.32 Å². The summed E-state index contributed by atoms with van der Waals surface area (Å²) in [5.74, 6) is -0.0344. The van der Waals surface area contributed by atoms with E-state index in [0.29, 0.717) is 19.8 Å². The molecule has 0 saturated heterocycles. The maximum atomic E-state index is 11.7. The number of hydrogen-bond donors (Lipinski definition) is 1. The molecule has 0 aromatic heterocycles. The van der Waals surface area contributed by atoms with Crippen LogP contribution in [-0.4, -0.2) is 25.7 Å². The maximum absolute atomic E-state index is 11.7. The highest BCUT2D eigenvalue weighted by molar-refractivity contribution is 5.95. The normalized spacial score (nSPS) is 10.0. The lowest BCUT2D eigenvalue weighted by molar-refractivity contribution is 0.0922. The van der Waals surface area contributed by atoms with Gasteiger partial charge in [-0.3, -0.25) is 4.79 Å². The number of nitrogens with one attached hydrogen (secondary N) is 1. The first kappa shape index (κ1) is 11.7. The van der Waals surface area contributed by atoms with Crippen molar-refractivity contribution in [1.29, 1.82) is 0 Å². The Kier molecular flexibility index (Phi) is 4.84. The number of carbonyl (C=O) groups excluding carboxylic acids is 1. The average molecular weight is 207 g/mol. The first-order valence-corrected chi connectivity index (χ1v) is 5.17. The van der Waals surface area contributed by atoms with Crippen LogP contribution in [0.2, 0.25) is 0 Å². The van der Waals surface area contributed by atoms with E-state index < -0.39 is 0 Å². The highest BCUT2D eigenvalue weighted by atomic mass is 16.5. The summed E-state index contributed by atoms with van der Waals surface area (Å²) in [5.41, 5.74) is 1.72. The zero-order valence-electron chi connectivity index (χ0n) is 9.25. The minimum atomic E-state index is -0.0344. The molecule has 3 nitrogen and oxygen atoms in total. The Morgan fingerprint density at radius 1 is 1.40 bits per heavy atom. The minimum absolute atomic E-state index is 0.0344. The molecule has 0 bridgehead atoms. The van der Waals surface area contributed by atoms with E-state index in [2.05, 4.69) is 5.32 Å². The Balaban J connectivity index is 2.44. The van der Waals surface area contributed by atoms with Gasteiger partial charge in [0, 0.05) is 18.7 Å². The molecule has 0 heterocycles. The van der Waals surface area contributed by atoms with Gasteiger partial charge < -0.3 is 10.1 Å². The van der Waals surface area contributed by atoms with Gasteiger partial charge in [0.15, 0.2) is 0 Å². The molecule has 0 aliphatic rings. The van der Waals surface area contributed by atoms with Crippen molar-refractivity contribution in [3.63, 3.8) is 0 Å². The molecule has 1 aromatic rings. The molecule has 1 aromatic carbocycles. The summed E-state index contributed by atoms with van der Waals surface area (Å²) in [7, 11) is 0. The van der Waals surface area contributed by atoms with Gasteiger partial charge in [-0.25, -0.2) is 0 Å². The Hall–Kier alpha value is -1.35. The number of aryl methyl sites for hydroxylation is 1. The standard InChI is InChI=1S/C12H17NO2/c1-3-15-9-8-13-12(14)11-7-5-4-6-10(11)2/h4-7H,3,8-9H2,1-2H3,(H,13,14). The van der Waals surface area contributed by atoms with E-state index in [0.717, 1.165) is 11.1 Å². The second-order valence-electron chi connectivity index (χ2n) is 3.27. The largest absolute Gasteiger partial charge is 0.380 e. The van der Waals surface area contributed by atoms with Gasteiger partial charge in [0.2, 0.25) is 0 Å². The van der Waals surface area contributed by atoms with Crippen molar-refractivity contribution >= 4 is 5.91 Å². The summed E-state index contributed by atoms with van der Waals surface area (Å²) in [6, 6.07) is 7.54. The van der Waals surface area contributed by atoms with E-state index in [1.807, 2.05) is 38.1 Å². The SMILES string of the molecule is CCOCCNC(=O)c1ccccc1C. The Bertz CT molecular complexity index is 323. The fourth-order valence-electron chi connectivity index (χ4n) is 1.30. The fraction of sp³-hybridized carbons (Fsp3) is 0.417. The Labute approximate surface area is 90.4 Å². The maximum Gasteiger partial charge on any atom is 0.251 e. The smallest absolute Gasteiger partial charge is 0.251 e. The van der Waals surface area contributed by atoms with Crippen LogP contribution >= 0.6 is 0 Å². The van der Waals surface area contributed by atoms with Crippen LogP contribution in [0, 0.1) is 6.92 Å². The zero-order chi connectivity index (χ0) is 11.1. The molecule has 0 unspecified atom stereocenters. The Morgan fingerprint density at radius 2 is 2.13 bits per heavy atom. The molecule has 0 fully saturated rings. The second kappa shape index (κ2) is 6.19. The van der Waals surface area contributed by atoms with Crippen LogP contribution in [0.15, 0.2) is 24.3 Å². The number of hydrogen-bond acceptors (Lipinski definition) is 2. The Morgan fingerprint density at radius 3 is 2.80 bits per heavy atom. The van der Waals surface area contributed by atoms with E-state index >= 15 is 0 Å². The van der Waals surface area contributed by atoms with E-state index in [-0.39, 0.29) is 5.91 Å². The van der Waals surface area contributed by atoms with Gasteiger partial charge in [0.25, 0.3) is 5.91 Å². The van der Waals surface area contributed by atoms with E-state index in [1.54, 1.807) is 0 Å². The van der Waals surface area contributed by atoms with Crippen LogP contribution in [-0.2, 0) is 4.74 Å². The predicted octanol–water partition coefficient (Wildman–Crippen LogP) is 1.76. The lowest BCUT2D eigenvalue weighted by Gasteiger charge is -2.07. The van der Waals surface area contributed by atoms with E-state index in [1.165, 1.54) is 0 Å². The molecule has 0 saturated carbocycles. The third-order valence-electron chi connectivity index (χ3n) is 2.13. The van der Waals surface area contributed by atoms with Gasteiger partial charge in [0.05, 0.1) is 6.61 Å². The molecule has 0 atom stereocenters. The molecular formula is C12H17NO2. The van der Waals surface area contributed by atoms with Crippen molar-refractivity contribution in [1.82, 2.24) is 5.32 Å². The monoisotopic (exact) mass is 207 g/mol. The van der Waals surface area contributed by atoms with Gasteiger partial charge >= 0.3 is 0 Å². The highest BCUT2D eigenvalue weighted by Crippen LogP contribution is 2.05. The summed E-state index contributed by atoms with van der Waals surface area (Å²) in [4.78, 5) is 11.7. The highest BCUT2D eigenvalue weighted by Gasteiger charge is 2.06. The number of amides is 1. The van der Waals surface area contributed by atoms with Crippen LogP contribution in [0.4, 0.5) is 0 Å². The van der Waals surface area contributed by atoms with E-state index in [4.69, 9.17) is 4.74 Å². The van der Waals surface area contributed by atoms with Crippen LogP contribution in [0.1, 0.15) is 22.8 Å². The molecule has 3 heteroatoms. The van der Waals surface area contributed by atoms with Gasteiger partial charge in [-0.2, -0.15) is 0 Å². The molecule has 15 heavy (non-hydrogen) atoms. The lowest BCUT2D eigenvalue weighted by atomic mass is 10.1. The summed E-state index contributed by atoms with van der Waals surface area (Å²) < 4.78 is 5.14. The van der Waals surface area contributed by atoms with Gasteiger partial charge in [-0.15, -0.1) is 0 Å². The number of ether oxygens (including phenoxy) is 1. The molecular weight excluding hydrogens is 190 g/mol.